The second kappa shape index (κ2) is 8.79. The lowest BCUT2D eigenvalue weighted by Crippen LogP contribution is -2.34. The number of carbonyl (C=O) groups excluding carboxylic acids is 2. The number of benzene rings is 2. The van der Waals surface area contributed by atoms with Gasteiger partial charge in [-0.3, -0.25) is 9.59 Å². The first kappa shape index (κ1) is 21.7. The van der Waals surface area contributed by atoms with Crippen molar-refractivity contribution < 1.29 is 22.8 Å². The lowest BCUT2D eigenvalue weighted by molar-refractivity contribution is -0.157. The Balaban J connectivity index is 1.78. The first-order chi connectivity index (χ1) is 14.2. The molecule has 0 fully saturated rings. The Morgan fingerprint density at radius 1 is 1.17 bits per heavy atom. The van der Waals surface area contributed by atoms with Gasteiger partial charge in [-0.15, -0.1) is 0 Å². The summed E-state index contributed by atoms with van der Waals surface area (Å²) in [7, 11) is 0. The molecule has 158 valence electrons. The van der Waals surface area contributed by atoms with Crippen molar-refractivity contribution in [2.24, 2.45) is 11.0 Å². The second-order valence-corrected chi connectivity index (χ2v) is 7.08. The molecule has 30 heavy (non-hydrogen) atoms. The van der Waals surface area contributed by atoms with Gasteiger partial charge in [0.2, 0.25) is 0 Å². The van der Waals surface area contributed by atoms with Crippen molar-refractivity contribution in [1.82, 2.24) is 5.32 Å². The average Bonchev–Trinajstić information content (AvgIpc) is 3.00. The lowest BCUT2D eigenvalue weighted by Gasteiger charge is -2.22. The van der Waals surface area contributed by atoms with Gasteiger partial charge in [0, 0.05) is 6.42 Å². The van der Waals surface area contributed by atoms with Gasteiger partial charge in [0.15, 0.2) is 5.78 Å². The zero-order valence-electron chi connectivity index (χ0n) is 16.6. The number of halogens is 3. The number of nitrogens with one attached hydrogen (secondary N) is 1. The fraction of sp³-hybridized carbons (Fsp3) is 0.318. The minimum atomic E-state index is -4.46. The Bertz CT molecular complexity index is 958. The molecule has 5 nitrogen and oxygen atoms in total. The number of alkyl halides is 3. The van der Waals surface area contributed by atoms with E-state index in [4.69, 9.17) is 0 Å². The van der Waals surface area contributed by atoms with Crippen molar-refractivity contribution in [1.29, 1.82) is 0 Å². The highest BCUT2D eigenvalue weighted by molar-refractivity contribution is 6.27. The normalized spacial score (nSPS) is 17.8. The van der Waals surface area contributed by atoms with Gasteiger partial charge in [0.05, 0.1) is 11.4 Å². The van der Waals surface area contributed by atoms with E-state index in [9.17, 15) is 22.8 Å². The smallest absolute Gasteiger partial charge is 0.303 e. The number of nitrogens with zero attached hydrogens (tertiary/aromatic N) is 2. The maximum absolute atomic E-state index is 13.3. The van der Waals surface area contributed by atoms with Crippen LogP contribution < -0.4 is 10.3 Å². The van der Waals surface area contributed by atoms with Crippen LogP contribution in [0.2, 0.25) is 0 Å². The maximum atomic E-state index is 13.3. The van der Waals surface area contributed by atoms with E-state index < -0.39 is 29.8 Å². The lowest BCUT2D eigenvalue weighted by atomic mass is 9.92. The third kappa shape index (κ3) is 4.59. The summed E-state index contributed by atoms with van der Waals surface area (Å²) in [6, 6.07) is 12.7. The van der Waals surface area contributed by atoms with E-state index in [0.29, 0.717) is 17.0 Å². The van der Waals surface area contributed by atoms with Gasteiger partial charge in [-0.25, -0.2) is 0 Å². The van der Waals surface area contributed by atoms with E-state index >= 15 is 0 Å². The minimum absolute atomic E-state index is 0.0312. The van der Waals surface area contributed by atoms with Gasteiger partial charge >= 0.3 is 6.18 Å². The zero-order valence-corrected chi connectivity index (χ0v) is 16.6. The zero-order chi connectivity index (χ0) is 21.9. The molecule has 1 amide bonds. The molecule has 0 bridgehead atoms. The molecule has 1 heterocycles. The monoisotopic (exact) mass is 417 g/mol. The predicted molar refractivity (Wildman–Crippen MR) is 108 cm³/mol. The van der Waals surface area contributed by atoms with E-state index in [2.05, 4.69) is 10.4 Å². The number of hydrogen-bond acceptors (Lipinski definition) is 4. The fourth-order valence-electron chi connectivity index (χ4n) is 3.50. The molecule has 2 atom stereocenters. The van der Waals surface area contributed by atoms with E-state index in [-0.39, 0.29) is 18.5 Å². The molecule has 8 heteroatoms. The van der Waals surface area contributed by atoms with Crippen LogP contribution in [0.25, 0.3) is 0 Å². The summed E-state index contributed by atoms with van der Waals surface area (Å²) in [5.74, 6) is -1.90. The SMILES string of the molecule is CCNC(c1cccc(CC(=O)C2C(=O)N(c3ccccc3)N=C2C)c1)C(F)(F)F. The van der Waals surface area contributed by atoms with Crippen molar-refractivity contribution in [2.75, 3.05) is 11.6 Å². The molecule has 0 radical (unpaired) electrons. The molecule has 0 spiro atoms. The average molecular weight is 417 g/mol. The quantitative estimate of drug-likeness (QED) is 0.692. The van der Waals surface area contributed by atoms with E-state index in [1.165, 1.54) is 23.2 Å². The Morgan fingerprint density at radius 2 is 1.87 bits per heavy atom. The molecule has 0 saturated carbocycles. The molecular formula is C22H22F3N3O2. The standard InChI is InChI=1S/C22H22F3N3O2/c1-3-26-20(22(23,24)25)16-9-7-8-15(12-16)13-18(29)19-14(2)27-28(21(19)30)17-10-5-4-6-11-17/h4-12,19-20,26H,3,13H2,1-2H3. The molecule has 1 aliphatic heterocycles. The van der Waals surface area contributed by atoms with E-state index in [0.717, 1.165) is 0 Å². The summed E-state index contributed by atoms with van der Waals surface area (Å²) in [6.45, 7) is 3.35. The summed E-state index contributed by atoms with van der Waals surface area (Å²) in [5, 5.41) is 7.82. The van der Waals surface area contributed by atoms with Crippen LogP contribution >= 0.6 is 0 Å². The van der Waals surface area contributed by atoms with Crippen LogP contribution in [0.3, 0.4) is 0 Å². The van der Waals surface area contributed by atoms with Gasteiger partial charge in [-0.05, 0) is 36.7 Å². The number of rotatable bonds is 7. The van der Waals surface area contributed by atoms with Gasteiger partial charge < -0.3 is 5.32 Å². The Hall–Kier alpha value is -3.00. The van der Waals surface area contributed by atoms with Crippen LogP contribution in [0.15, 0.2) is 59.7 Å². The molecule has 1 N–H and O–H groups in total. The molecular weight excluding hydrogens is 395 g/mol. The van der Waals surface area contributed by atoms with Crippen molar-refractivity contribution >= 4 is 23.1 Å². The molecule has 0 aromatic heterocycles. The topological polar surface area (TPSA) is 61.8 Å². The molecule has 2 aromatic carbocycles. The highest BCUT2D eigenvalue weighted by atomic mass is 19.4. The molecule has 2 aromatic rings. The van der Waals surface area contributed by atoms with Crippen molar-refractivity contribution in [2.45, 2.75) is 32.5 Å². The van der Waals surface area contributed by atoms with Crippen LogP contribution in [0.5, 0.6) is 0 Å². The summed E-state index contributed by atoms with van der Waals surface area (Å²) in [5.41, 5.74) is 1.37. The summed E-state index contributed by atoms with van der Waals surface area (Å²) < 4.78 is 40.0. The summed E-state index contributed by atoms with van der Waals surface area (Å²) in [6.07, 6.45) is -4.62. The van der Waals surface area contributed by atoms with E-state index in [1.807, 2.05) is 0 Å². The van der Waals surface area contributed by atoms with Gasteiger partial charge in [-0.2, -0.15) is 23.3 Å². The number of anilines is 1. The number of amides is 1. The minimum Gasteiger partial charge on any atom is -0.303 e. The fourth-order valence-corrected chi connectivity index (χ4v) is 3.50. The molecule has 2 unspecified atom stereocenters. The second-order valence-electron chi connectivity index (χ2n) is 7.08. The molecule has 3 rings (SSSR count). The Kier molecular flexibility index (Phi) is 6.36. The summed E-state index contributed by atoms with van der Waals surface area (Å²) >= 11 is 0. The van der Waals surface area contributed by atoms with Crippen molar-refractivity contribution in [3.8, 4) is 0 Å². The maximum Gasteiger partial charge on any atom is 0.407 e. The van der Waals surface area contributed by atoms with Crippen LogP contribution in [0.1, 0.15) is 31.0 Å². The first-order valence-corrected chi connectivity index (χ1v) is 9.58. The van der Waals surface area contributed by atoms with Crippen LogP contribution in [-0.4, -0.2) is 30.1 Å². The number of ketones is 1. The third-order valence-electron chi connectivity index (χ3n) is 4.85. The van der Waals surface area contributed by atoms with Gasteiger partial charge in [0.1, 0.15) is 12.0 Å². The molecule has 0 saturated heterocycles. The number of hydrogen-bond donors (Lipinski definition) is 1. The van der Waals surface area contributed by atoms with E-state index in [1.54, 1.807) is 50.2 Å². The van der Waals surface area contributed by atoms with Gasteiger partial charge in [0.25, 0.3) is 5.91 Å². The largest absolute Gasteiger partial charge is 0.407 e. The predicted octanol–water partition coefficient (Wildman–Crippen LogP) is 4.05. The van der Waals surface area contributed by atoms with Crippen LogP contribution in [0.4, 0.5) is 18.9 Å². The first-order valence-electron chi connectivity index (χ1n) is 9.58. The Labute approximate surface area is 172 Å². The highest BCUT2D eigenvalue weighted by Gasteiger charge is 2.41. The van der Waals surface area contributed by atoms with Crippen molar-refractivity contribution in [3.05, 3.63) is 65.7 Å². The van der Waals surface area contributed by atoms with Gasteiger partial charge in [-0.1, -0.05) is 49.4 Å². The number of para-hydroxylation sites is 1. The number of Topliss-reactive ketones (excluding diaryl/α,β-unsaturated/α-hetero) is 1. The molecule has 1 aliphatic rings. The van der Waals surface area contributed by atoms with Crippen LogP contribution in [-0.2, 0) is 16.0 Å². The third-order valence-corrected chi connectivity index (χ3v) is 4.85. The number of carbonyl (C=O) groups is 2. The highest BCUT2D eigenvalue weighted by Crippen LogP contribution is 2.33. The van der Waals surface area contributed by atoms with Crippen molar-refractivity contribution in [3.63, 3.8) is 0 Å². The number of hydrazone groups is 1. The Morgan fingerprint density at radius 3 is 2.50 bits per heavy atom. The summed E-state index contributed by atoms with van der Waals surface area (Å²) in [4.78, 5) is 25.6. The van der Waals surface area contributed by atoms with Crippen LogP contribution in [0, 0.1) is 5.92 Å². The molecule has 0 aliphatic carbocycles.